The van der Waals surface area contributed by atoms with Gasteiger partial charge >= 0.3 is 5.97 Å². The van der Waals surface area contributed by atoms with E-state index in [0.29, 0.717) is 23.8 Å². The molecule has 8 nitrogen and oxygen atoms in total. The Kier molecular flexibility index (Phi) is 8.92. The van der Waals surface area contributed by atoms with Crippen LogP contribution in [-0.4, -0.2) is 66.9 Å². The van der Waals surface area contributed by atoms with Crippen LogP contribution in [0.4, 0.5) is 0 Å². The monoisotopic (exact) mass is 510 g/mol. The summed E-state index contributed by atoms with van der Waals surface area (Å²) in [5.74, 6) is 0.113. The molecule has 0 spiro atoms. The Bertz CT molecular complexity index is 1060. The fourth-order valence-corrected chi connectivity index (χ4v) is 5.41. The van der Waals surface area contributed by atoms with Gasteiger partial charge in [-0.15, -0.1) is 0 Å². The molecule has 200 valence electrons. The molecule has 2 unspecified atom stereocenters. The second kappa shape index (κ2) is 12.3. The average Bonchev–Trinajstić information content (AvgIpc) is 3.53. The molecule has 0 bridgehead atoms. The van der Waals surface area contributed by atoms with Crippen molar-refractivity contribution in [3.8, 4) is 17.2 Å². The van der Waals surface area contributed by atoms with E-state index in [1.807, 2.05) is 52.3 Å². The normalized spacial score (nSPS) is 20.7. The molecule has 2 aromatic rings. The number of carbonyl (C=O) groups is 2. The van der Waals surface area contributed by atoms with Gasteiger partial charge in [0, 0.05) is 31.6 Å². The second-order valence-corrected chi connectivity index (χ2v) is 9.82. The van der Waals surface area contributed by atoms with Gasteiger partial charge in [-0.25, -0.2) is 0 Å². The highest BCUT2D eigenvalue weighted by molar-refractivity contribution is 5.79. The number of rotatable bonds is 12. The first-order chi connectivity index (χ1) is 18.0. The molecule has 2 aliphatic rings. The predicted octanol–water partition coefficient (Wildman–Crippen LogP) is 4.69. The Balaban J connectivity index is 1.67. The topological polar surface area (TPSA) is 88.5 Å². The van der Waals surface area contributed by atoms with Gasteiger partial charge in [-0.05, 0) is 48.2 Å². The summed E-state index contributed by atoms with van der Waals surface area (Å²) in [6.45, 7) is 6.48. The summed E-state index contributed by atoms with van der Waals surface area (Å²) in [6.07, 6.45) is 3.94. The number of nitrogens with zero attached hydrogens (tertiary/aromatic N) is 2. The maximum Gasteiger partial charge on any atom is 0.309 e. The highest BCUT2D eigenvalue weighted by Gasteiger charge is 2.48. The van der Waals surface area contributed by atoms with Crippen LogP contribution in [0, 0.1) is 5.92 Å². The maximum absolute atomic E-state index is 13.5. The molecule has 0 radical (unpaired) electrons. The average molecular weight is 511 g/mol. The first-order valence-corrected chi connectivity index (χ1v) is 13.2. The minimum atomic E-state index is -0.882. The first kappa shape index (κ1) is 26.8. The number of carbonyl (C=O) groups excluding carboxylic acids is 1. The smallest absolute Gasteiger partial charge is 0.309 e. The number of aliphatic carboxylic acids is 1. The van der Waals surface area contributed by atoms with Crippen LogP contribution >= 0.6 is 0 Å². The van der Waals surface area contributed by atoms with Crippen molar-refractivity contribution in [2.45, 2.75) is 51.5 Å². The maximum atomic E-state index is 13.5. The fourth-order valence-electron chi connectivity index (χ4n) is 5.41. The molecule has 2 heterocycles. The minimum absolute atomic E-state index is 0.0517. The molecule has 3 atom stereocenters. The third kappa shape index (κ3) is 6.01. The molecule has 2 aromatic carbocycles. The molecular formula is C29H38N2O6. The Hall–Kier alpha value is -3.26. The Morgan fingerprint density at radius 2 is 1.65 bits per heavy atom. The van der Waals surface area contributed by atoms with E-state index in [2.05, 4.69) is 13.8 Å². The number of unbranched alkanes of at least 4 members (excludes halogenated alkanes) is 2. The number of hydrogen-bond donors (Lipinski definition) is 1. The van der Waals surface area contributed by atoms with E-state index < -0.39 is 17.9 Å². The van der Waals surface area contributed by atoms with Crippen LogP contribution in [0.3, 0.4) is 0 Å². The van der Waals surface area contributed by atoms with Crippen LogP contribution in [-0.2, 0) is 9.59 Å². The van der Waals surface area contributed by atoms with Crippen molar-refractivity contribution in [2.75, 3.05) is 40.1 Å². The van der Waals surface area contributed by atoms with E-state index in [9.17, 15) is 14.7 Å². The minimum Gasteiger partial charge on any atom is -0.497 e. The van der Waals surface area contributed by atoms with E-state index in [0.717, 1.165) is 49.9 Å². The standard InChI is InChI=1S/C29H38N2O6/c1-4-6-14-30(15-7-5-2)26(32)18-31-17-23(21-10-13-24-25(16-21)37-19-36-24)27(29(33)34)28(31)20-8-11-22(35-3)12-9-20/h8-13,16,23,27-28H,4-7,14-15,17-19H2,1-3H3,(H,33,34)/t23-,27?,28?/m1/s1. The lowest BCUT2D eigenvalue weighted by molar-refractivity contribution is -0.144. The van der Waals surface area contributed by atoms with Crippen molar-refractivity contribution in [3.05, 3.63) is 53.6 Å². The van der Waals surface area contributed by atoms with Gasteiger partial charge in [-0.1, -0.05) is 44.9 Å². The summed E-state index contributed by atoms with van der Waals surface area (Å²) < 4.78 is 16.3. The van der Waals surface area contributed by atoms with Crippen molar-refractivity contribution in [1.29, 1.82) is 0 Å². The zero-order chi connectivity index (χ0) is 26.4. The number of carboxylic acid groups (broad SMARTS) is 1. The van der Waals surface area contributed by atoms with Gasteiger partial charge in [-0.2, -0.15) is 0 Å². The number of benzene rings is 2. The fraction of sp³-hybridized carbons (Fsp3) is 0.517. The summed E-state index contributed by atoms with van der Waals surface area (Å²) in [7, 11) is 1.60. The van der Waals surface area contributed by atoms with Gasteiger partial charge in [0.2, 0.25) is 12.7 Å². The van der Waals surface area contributed by atoms with Crippen LogP contribution in [0.1, 0.15) is 62.6 Å². The van der Waals surface area contributed by atoms with E-state index in [4.69, 9.17) is 14.2 Å². The van der Waals surface area contributed by atoms with Crippen molar-refractivity contribution in [1.82, 2.24) is 9.80 Å². The van der Waals surface area contributed by atoms with Crippen LogP contribution in [0.5, 0.6) is 17.2 Å². The van der Waals surface area contributed by atoms with Gasteiger partial charge < -0.3 is 24.2 Å². The van der Waals surface area contributed by atoms with Crippen LogP contribution in [0.15, 0.2) is 42.5 Å². The SMILES string of the molecule is CCCCN(CCCC)C(=O)CN1C[C@H](c2ccc3c(c2)OCO3)C(C(=O)O)C1c1ccc(OC)cc1. The molecule has 0 aromatic heterocycles. The van der Waals surface area contributed by atoms with Crippen LogP contribution in [0.25, 0.3) is 0 Å². The van der Waals surface area contributed by atoms with Crippen LogP contribution < -0.4 is 14.2 Å². The summed E-state index contributed by atoms with van der Waals surface area (Å²) in [4.78, 5) is 30.3. The number of ether oxygens (including phenoxy) is 3. The Morgan fingerprint density at radius 3 is 2.27 bits per heavy atom. The number of carboxylic acids is 1. The van der Waals surface area contributed by atoms with Gasteiger partial charge in [0.15, 0.2) is 11.5 Å². The molecule has 1 fully saturated rings. The molecule has 8 heteroatoms. The van der Waals surface area contributed by atoms with E-state index in [1.165, 1.54) is 0 Å². The third-order valence-electron chi connectivity index (χ3n) is 7.42. The Morgan fingerprint density at radius 1 is 1.00 bits per heavy atom. The van der Waals surface area contributed by atoms with Crippen molar-refractivity contribution >= 4 is 11.9 Å². The third-order valence-corrected chi connectivity index (χ3v) is 7.42. The summed E-state index contributed by atoms with van der Waals surface area (Å²) in [5.41, 5.74) is 1.73. The number of amides is 1. The van der Waals surface area contributed by atoms with E-state index in [1.54, 1.807) is 7.11 Å². The van der Waals surface area contributed by atoms with Gasteiger partial charge in [-0.3, -0.25) is 14.5 Å². The van der Waals surface area contributed by atoms with Crippen molar-refractivity contribution in [2.24, 2.45) is 5.92 Å². The van der Waals surface area contributed by atoms with Gasteiger partial charge in [0.1, 0.15) is 5.75 Å². The van der Waals surface area contributed by atoms with Gasteiger partial charge in [0.05, 0.1) is 19.6 Å². The zero-order valence-electron chi connectivity index (χ0n) is 22.0. The largest absolute Gasteiger partial charge is 0.497 e. The van der Waals surface area contributed by atoms with Crippen molar-refractivity contribution < 1.29 is 28.9 Å². The summed E-state index contributed by atoms with van der Waals surface area (Å²) in [6, 6.07) is 12.7. The number of likely N-dealkylation sites (tertiary alicyclic amines) is 1. The zero-order valence-corrected chi connectivity index (χ0v) is 22.0. The molecular weight excluding hydrogens is 472 g/mol. The second-order valence-electron chi connectivity index (χ2n) is 9.82. The van der Waals surface area contributed by atoms with E-state index in [-0.39, 0.29) is 25.2 Å². The lowest BCUT2D eigenvalue weighted by Crippen LogP contribution is -2.42. The molecule has 2 aliphatic heterocycles. The Labute approximate surface area is 219 Å². The lowest BCUT2D eigenvalue weighted by Gasteiger charge is -2.30. The molecule has 0 saturated carbocycles. The quantitative estimate of drug-likeness (QED) is 0.443. The molecule has 1 amide bonds. The number of hydrogen-bond acceptors (Lipinski definition) is 6. The summed E-state index contributed by atoms with van der Waals surface area (Å²) >= 11 is 0. The van der Waals surface area contributed by atoms with Crippen LogP contribution in [0.2, 0.25) is 0 Å². The number of methoxy groups -OCH3 is 1. The highest BCUT2D eigenvalue weighted by atomic mass is 16.7. The molecule has 1 saturated heterocycles. The summed E-state index contributed by atoms with van der Waals surface area (Å²) in [5, 5.41) is 10.5. The van der Waals surface area contributed by atoms with Crippen molar-refractivity contribution in [3.63, 3.8) is 0 Å². The van der Waals surface area contributed by atoms with E-state index >= 15 is 0 Å². The molecule has 4 rings (SSSR count). The predicted molar refractivity (Wildman–Crippen MR) is 140 cm³/mol. The lowest BCUT2D eigenvalue weighted by atomic mass is 9.82. The van der Waals surface area contributed by atoms with Gasteiger partial charge in [0.25, 0.3) is 0 Å². The highest BCUT2D eigenvalue weighted by Crippen LogP contribution is 2.47. The molecule has 1 N–H and O–H groups in total. The molecule has 0 aliphatic carbocycles. The first-order valence-electron chi connectivity index (χ1n) is 13.2. The number of fused-ring (bicyclic) bond motifs is 1. The molecule has 37 heavy (non-hydrogen) atoms.